The number of hydrogen-bond donors (Lipinski definition) is 1. The van der Waals surface area contributed by atoms with Crippen molar-refractivity contribution in [3.05, 3.63) is 24.0 Å². The molecule has 20 heavy (non-hydrogen) atoms. The lowest BCUT2D eigenvalue weighted by atomic mass is 10.1. The summed E-state index contributed by atoms with van der Waals surface area (Å²) in [6.45, 7) is 7.37. The van der Waals surface area contributed by atoms with Crippen LogP contribution in [0.25, 0.3) is 0 Å². The number of nitrogens with one attached hydrogen (secondary N) is 1. The first-order valence-corrected chi connectivity index (χ1v) is 7.11. The Morgan fingerprint density at radius 3 is 2.70 bits per heavy atom. The largest absolute Gasteiger partial charge is 0.381 e. The third-order valence-electron chi connectivity index (χ3n) is 3.26. The molecular weight excluding hydrogens is 250 g/mol. The van der Waals surface area contributed by atoms with Gasteiger partial charge in [0.2, 0.25) is 0 Å². The van der Waals surface area contributed by atoms with Crippen LogP contribution in [0.2, 0.25) is 0 Å². The number of carbonyl (C=O) groups is 1. The molecule has 0 aliphatic carbocycles. The first kappa shape index (κ1) is 16.0. The van der Waals surface area contributed by atoms with E-state index < -0.39 is 0 Å². The summed E-state index contributed by atoms with van der Waals surface area (Å²) in [5, 5.41) is 3.35. The number of terminal acetylenes is 1. The van der Waals surface area contributed by atoms with Gasteiger partial charge in [0.1, 0.15) is 5.69 Å². The van der Waals surface area contributed by atoms with Crippen molar-refractivity contribution < 1.29 is 4.79 Å². The summed E-state index contributed by atoms with van der Waals surface area (Å²) in [6, 6.07) is 3.87. The van der Waals surface area contributed by atoms with Crippen molar-refractivity contribution >= 4 is 11.6 Å². The van der Waals surface area contributed by atoms with Gasteiger partial charge in [0.15, 0.2) is 0 Å². The van der Waals surface area contributed by atoms with Gasteiger partial charge in [-0.1, -0.05) is 6.92 Å². The number of pyridine rings is 1. The summed E-state index contributed by atoms with van der Waals surface area (Å²) in [6.07, 6.45) is 8.61. The normalized spacial score (nSPS) is 11.5. The standard InChI is InChI=1S/C16H23N3O/c1-5-9-13(6-2)18-14-10-11-17-15(12-14)16(20)19(7-3)8-4/h1,10-13H,6-9H2,2-4H3,(H,17,18). The second-order valence-corrected chi connectivity index (χ2v) is 4.56. The molecule has 0 spiro atoms. The van der Waals surface area contributed by atoms with Crippen LogP contribution in [0.3, 0.4) is 0 Å². The van der Waals surface area contributed by atoms with Gasteiger partial charge in [-0.05, 0) is 32.4 Å². The van der Waals surface area contributed by atoms with E-state index in [9.17, 15) is 4.79 Å². The molecule has 0 bridgehead atoms. The van der Waals surface area contributed by atoms with Crippen molar-refractivity contribution in [3.63, 3.8) is 0 Å². The molecule has 1 N–H and O–H groups in total. The van der Waals surface area contributed by atoms with Gasteiger partial charge in [-0.3, -0.25) is 9.78 Å². The highest BCUT2D eigenvalue weighted by atomic mass is 16.2. The van der Waals surface area contributed by atoms with E-state index in [1.54, 1.807) is 17.2 Å². The Balaban J connectivity index is 2.85. The SMILES string of the molecule is C#CCC(CC)Nc1ccnc(C(=O)N(CC)CC)c1. The highest BCUT2D eigenvalue weighted by molar-refractivity contribution is 5.93. The summed E-state index contributed by atoms with van der Waals surface area (Å²) in [5.74, 6) is 2.62. The molecule has 0 aromatic carbocycles. The van der Waals surface area contributed by atoms with Gasteiger partial charge in [0.05, 0.1) is 0 Å². The molecule has 1 atom stereocenters. The third kappa shape index (κ3) is 4.27. The number of carbonyl (C=O) groups excluding carboxylic acids is 1. The Morgan fingerprint density at radius 2 is 2.15 bits per heavy atom. The summed E-state index contributed by atoms with van der Waals surface area (Å²) in [7, 11) is 0. The fourth-order valence-corrected chi connectivity index (χ4v) is 1.99. The predicted molar refractivity (Wildman–Crippen MR) is 82.6 cm³/mol. The van der Waals surface area contributed by atoms with E-state index in [0.717, 1.165) is 12.1 Å². The monoisotopic (exact) mass is 273 g/mol. The molecular formula is C16H23N3O. The van der Waals surface area contributed by atoms with Gasteiger partial charge in [-0.25, -0.2) is 0 Å². The number of aromatic nitrogens is 1. The topological polar surface area (TPSA) is 45.2 Å². The minimum atomic E-state index is -0.0383. The molecule has 108 valence electrons. The van der Waals surface area contributed by atoms with Gasteiger partial charge < -0.3 is 10.2 Å². The zero-order valence-corrected chi connectivity index (χ0v) is 12.5. The van der Waals surface area contributed by atoms with Gasteiger partial charge in [0, 0.05) is 37.4 Å². The Labute approximate surface area is 121 Å². The third-order valence-corrected chi connectivity index (χ3v) is 3.26. The summed E-state index contributed by atoms with van der Waals surface area (Å²) in [4.78, 5) is 18.2. The fourth-order valence-electron chi connectivity index (χ4n) is 1.99. The van der Waals surface area contributed by atoms with Crippen LogP contribution in [0.1, 0.15) is 44.1 Å². The average molecular weight is 273 g/mol. The Bertz CT molecular complexity index is 475. The first-order valence-electron chi connectivity index (χ1n) is 7.11. The first-order chi connectivity index (χ1) is 9.65. The zero-order chi connectivity index (χ0) is 15.0. The fraction of sp³-hybridized carbons (Fsp3) is 0.500. The summed E-state index contributed by atoms with van der Waals surface area (Å²) in [5.41, 5.74) is 1.35. The summed E-state index contributed by atoms with van der Waals surface area (Å²) < 4.78 is 0. The van der Waals surface area contributed by atoms with E-state index >= 15 is 0 Å². The van der Waals surface area contributed by atoms with Crippen LogP contribution in [-0.2, 0) is 0 Å². The molecule has 0 fully saturated rings. The lowest BCUT2D eigenvalue weighted by Gasteiger charge is -2.19. The van der Waals surface area contributed by atoms with Gasteiger partial charge in [-0.2, -0.15) is 0 Å². The van der Waals surface area contributed by atoms with Gasteiger partial charge in [-0.15, -0.1) is 12.3 Å². The maximum atomic E-state index is 12.2. The van der Waals surface area contributed by atoms with E-state index in [1.807, 2.05) is 19.9 Å². The minimum absolute atomic E-state index is 0.0383. The van der Waals surface area contributed by atoms with Crippen LogP contribution in [0.5, 0.6) is 0 Å². The molecule has 4 heteroatoms. The molecule has 1 rings (SSSR count). The Kier molecular flexibility index (Phi) is 6.58. The van der Waals surface area contributed by atoms with Crippen molar-refractivity contribution in [1.29, 1.82) is 0 Å². The van der Waals surface area contributed by atoms with Crippen LogP contribution >= 0.6 is 0 Å². The van der Waals surface area contributed by atoms with Crippen LogP contribution in [0.15, 0.2) is 18.3 Å². The van der Waals surface area contributed by atoms with Crippen molar-refractivity contribution in [1.82, 2.24) is 9.88 Å². The number of amides is 1. The molecule has 1 amide bonds. The molecule has 1 unspecified atom stereocenters. The Morgan fingerprint density at radius 1 is 1.45 bits per heavy atom. The quantitative estimate of drug-likeness (QED) is 0.777. The molecule has 1 aromatic heterocycles. The van der Waals surface area contributed by atoms with Gasteiger partial charge >= 0.3 is 0 Å². The lowest BCUT2D eigenvalue weighted by Crippen LogP contribution is -2.31. The smallest absolute Gasteiger partial charge is 0.272 e. The maximum absolute atomic E-state index is 12.2. The number of hydrogen-bond acceptors (Lipinski definition) is 3. The Hall–Kier alpha value is -2.02. The second kappa shape index (κ2) is 8.21. The van der Waals surface area contributed by atoms with Crippen LogP contribution in [-0.4, -0.2) is 34.9 Å². The van der Waals surface area contributed by atoms with Crippen molar-refractivity contribution in [2.24, 2.45) is 0 Å². The number of nitrogens with zero attached hydrogens (tertiary/aromatic N) is 2. The number of anilines is 1. The highest BCUT2D eigenvalue weighted by Crippen LogP contribution is 2.13. The molecule has 0 saturated carbocycles. The number of rotatable bonds is 7. The molecule has 0 radical (unpaired) electrons. The molecule has 1 aromatic rings. The molecule has 4 nitrogen and oxygen atoms in total. The van der Waals surface area contributed by atoms with Crippen molar-refractivity contribution in [3.8, 4) is 12.3 Å². The average Bonchev–Trinajstić information content (AvgIpc) is 2.48. The van der Waals surface area contributed by atoms with E-state index in [2.05, 4.69) is 23.1 Å². The van der Waals surface area contributed by atoms with Crippen molar-refractivity contribution in [2.75, 3.05) is 18.4 Å². The van der Waals surface area contributed by atoms with E-state index in [0.29, 0.717) is 25.2 Å². The van der Waals surface area contributed by atoms with Crippen LogP contribution in [0, 0.1) is 12.3 Å². The van der Waals surface area contributed by atoms with Crippen molar-refractivity contribution in [2.45, 2.75) is 39.7 Å². The van der Waals surface area contributed by atoms with Crippen LogP contribution < -0.4 is 5.32 Å². The minimum Gasteiger partial charge on any atom is -0.381 e. The van der Waals surface area contributed by atoms with Gasteiger partial charge in [0.25, 0.3) is 5.91 Å². The maximum Gasteiger partial charge on any atom is 0.272 e. The summed E-state index contributed by atoms with van der Waals surface area (Å²) >= 11 is 0. The molecule has 1 heterocycles. The molecule has 0 aliphatic rings. The van der Waals surface area contributed by atoms with E-state index in [1.165, 1.54) is 0 Å². The zero-order valence-electron chi connectivity index (χ0n) is 12.5. The van der Waals surface area contributed by atoms with E-state index in [-0.39, 0.29) is 11.9 Å². The lowest BCUT2D eigenvalue weighted by molar-refractivity contribution is 0.0767. The van der Waals surface area contributed by atoms with E-state index in [4.69, 9.17) is 6.42 Å². The van der Waals surface area contributed by atoms with Crippen LogP contribution in [0.4, 0.5) is 5.69 Å². The molecule has 0 saturated heterocycles. The highest BCUT2D eigenvalue weighted by Gasteiger charge is 2.14. The predicted octanol–water partition coefficient (Wildman–Crippen LogP) is 2.78. The second-order valence-electron chi connectivity index (χ2n) is 4.56. The molecule has 0 aliphatic heterocycles.